The van der Waals surface area contributed by atoms with Gasteiger partial charge >= 0.3 is 5.97 Å². The van der Waals surface area contributed by atoms with Gasteiger partial charge in [-0.3, -0.25) is 9.69 Å². The van der Waals surface area contributed by atoms with Crippen LogP contribution in [0.2, 0.25) is 0 Å². The number of methoxy groups -OCH3 is 1. The van der Waals surface area contributed by atoms with Crippen LogP contribution in [-0.4, -0.2) is 24.5 Å². The maximum Gasteiger partial charge on any atom is 0.305 e. The first-order valence-electron chi connectivity index (χ1n) is 13.1. The van der Waals surface area contributed by atoms with Crippen LogP contribution in [0.15, 0.2) is 78.9 Å². The van der Waals surface area contributed by atoms with Crippen molar-refractivity contribution in [3.63, 3.8) is 0 Å². The Morgan fingerprint density at radius 3 is 2.14 bits per heavy atom. The quantitative estimate of drug-likeness (QED) is 0.130. The van der Waals surface area contributed by atoms with Crippen LogP contribution >= 0.6 is 0 Å². The number of nitrogens with zero attached hydrogens (tertiary/aromatic N) is 1. The number of rotatable bonds is 10. The second-order valence-electron chi connectivity index (χ2n) is 10.8. The summed E-state index contributed by atoms with van der Waals surface area (Å²) in [5, 5.41) is 5.25. The van der Waals surface area contributed by atoms with Crippen molar-refractivity contribution < 1.29 is 9.53 Å². The maximum absolute atomic E-state index is 11.5. The van der Waals surface area contributed by atoms with Gasteiger partial charge < -0.3 is 4.74 Å². The summed E-state index contributed by atoms with van der Waals surface area (Å²) < 4.78 is 4.80. The van der Waals surface area contributed by atoms with Gasteiger partial charge in [0, 0.05) is 19.5 Å². The largest absolute Gasteiger partial charge is 0.469 e. The molecule has 3 nitrogen and oxygen atoms in total. The normalized spacial score (nSPS) is 11.9. The van der Waals surface area contributed by atoms with Gasteiger partial charge in [0.05, 0.1) is 7.11 Å². The van der Waals surface area contributed by atoms with Crippen molar-refractivity contribution in [2.45, 2.75) is 65.0 Å². The van der Waals surface area contributed by atoms with E-state index in [0.29, 0.717) is 6.42 Å². The molecule has 0 atom stereocenters. The van der Waals surface area contributed by atoms with Gasteiger partial charge in [-0.05, 0) is 69.1 Å². The topological polar surface area (TPSA) is 29.5 Å². The molecule has 4 aromatic rings. The lowest BCUT2D eigenvalue weighted by molar-refractivity contribution is -0.140. The molecule has 0 bridgehead atoms. The lowest BCUT2D eigenvalue weighted by Gasteiger charge is -2.25. The highest BCUT2D eigenvalue weighted by Crippen LogP contribution is 2.30. The lowest BCUT2D eigenvalue weighted by Crippen LogP contribution is -2.24. The van der Waals surface area contributed by atoms with E-state index in [-0.39, 0.29) is 11.4 Å². The molecule has 3 heteroatoms. The summed E-state index contributed by atoms with van der Waals surface area (Å²) in [6, 6.07) is 28.9. The van der Waals surface area contributed by atoms with E-state index < -0.39 is 0 Å². The zero-order valence-corrected chi connectivity index (χ0v) is 22.2. The number of fused-ring (bicyclic) bond motifs is 3. The molecule has 0 radical (unpaired) electrons. The van der Waals surface area contributed by atoms with Crippen molar-refractivity contribution in [1.29, 1.82) is 0 Å². The lowest BCUT2D eigenvalue weighted by atomic mass is 9.87. The van der Waals surface area contributed by atoms with Gasteiger partial charge in [0.15, 0.2) is 0 Å². The fraction of sp³-hybridized carbons (Fsp3) is 0.364. The minimum atomic E-state index is -0.117. The van der Waals surface area contributed by atoms with Crippen molar-refractivity contribution in [2.75, 3.05) is 13.7 Å². The average molecular weight is 482 g/mol. The fourth-order valence-corrected chi connectivity index (χ4v) is 4.97. The highest BCUT2D eigenvalue weighted by molar-refractivity contribution is 6.08. The predicted octanol–water partition coefficient (Wildman–Crippen LogP) is 8.03. The van der Waals surface area contributed by atoms with Crippen molar-refractivity contribution in [2.24, 2.45) is 0 Å². The molecule has 4 rings (SSSR count). The van der Waals surface area contributed by atoms with E-state index in [1.165, 1.54) is 45.3 Å². The minimum Gasteiger partial charge on any atom is -0.469 e. The van der Waals surface area contributed by atoms with Gasteiger partial charge in [0.1, 0.15) is 0 Å². The molecule has 0 saturated heterocycles. The minimum absolute atomic E-state index is 0.117. The van der Waals surface area contributed by atoms with E-state index in [2.05, 4.69) is 105 Å². The van der Waals surface area contributed by atoms with E-state index in [4.69, 9.17) is 4.74 Å². The second kappa shape index (κ2) is 11.7. The second-order valence-corrected chi connectivity index (χ2v) is 10.8. The highest BCUT2D eigenvalue weighted by atomic mass is 16.5. The third kappa shape index (κ3) is 6.53. The van der Waals surface area contributed by atoms with Crippen LogP contribution in [0.25, 0.3) is 21.5 Å². The molecule has 0 unspecified atom stereocenters. The Kier molecular flexibility index (Phi) is 8.43. The SMILES string of the molecule is COC(=O)CCCCCN(Cc1ccc(C(C)(C)C)cc1)Cc1cc2ccccc2c2ccccc12. The van der Waals surface area contributed by atoms with Gasteiger partial charge in [-0.1, -0.05) is 100.0 Å². The number of esters is 1. The van der Waals surface area contributed by atoms with Gasteiger partial charge in [-0.25, -0.2) is 0 Å². The Hall–Kier alpha value is -3.17. The number of unbranched alkanes of at least 4 members (excludes halogenated alkanes) is 2. The Morgan fingerprint density at radius 1 is 0.778 bits per heavy atom. The molecule has 0 fully saturated rings. The van der Waals surface area contributed by atoms with Gasteiger partial charge in [-0.15, -0.1) is 0 Å². The molecule has 0 aliphatic carbocycles. The van der Waals surface area contributed by atoms with E-state index in [0.717, 1.165) is 38.9 Å². The Balaban J connectivity index is 1.57. The number of carbonyl (C=O) groups excluding carboxylic acids is 1. The molecule has 188 valence electrons. The van der Waals surface area contributed by atoms with E-state index in [9.17, 15) is 4.79 Å². The standard InChI is InChI=1S/C33H39NO2/c1-33(2,3)28-19-17-25(18-20-28)23-34(21-11-5-6-16-32(35)36-4)24-27-22-26-12-7-8-13-29(26)31-15-10-9-14-30(27)31/h7-10,12-15,17-20,22H,5-6,11,16,21,23-24H2,1-4H3. The van der Waals surface area contributed by atoms with Crippen LogP contribution in [-0.2, 0) is 28.0 Å². The fourth-order valence-electron chi connectivity index (χ4n) is 4.97. The third-order valence-electron chi connectivity index (χ3n) is 7.06. The van der Waals surface area contributed by atoms with Crippen LogP contribution < -0.4 is 0 Å². The summed E-state index contributed by atoms with van der Waals surface area (Å²) in [7, 11) is 1.46. The zero-order valence-electron chi connectivity index (χ0n) is 22.2. The van der Waals surface area contributed by atoms with Crippen LogP contribution in [0.5, 0.6) is 0 Å². The average Bonchev–Trinajstić information content (AvgIpc) is 2.88. The van der Waals surface area contributed by atoms with Crippen LogP contribution in [0.4, 0.5) is 0 Å². The van der Waals surface area contributed by atoms with Gasteiger partial charge in [0.25, 0.3) is 0 Å². The Bertz CT molecular complexity index is 1300. The molecule has 0 spiro atoms. The smallest absolute Gasteiger partial charge is 0.305 e. The Morgan fingerprint density at radius 2 is 1.44 bits per heavy atom. The number of hydrogen-bond acceptors (Lipinski definition) is 3. The van der Waals surface area contributed by atoms with E-state index >= 15 is 0 Å². The highest BCUT2D eigenvalue weighted by Gasteiger charge is 2.15. The summed E-state index contributed by atoms with van der Waals surface area (Å²) in [4.78, 5) is 14.0. The molecule has 36 heavy (non-hydrogen) atoms. The van der Waals surface area contributed by atoms with Gasteiger partial charge in [-0.2, -0.15) is 0 Å². The summed E-state index contributed by atoms with van der Waals surface area (Å²) >= 11 is 0. The molecule has 0 aliphatic heterocycles. The van der Waals surface area contributed by atoms with Gasteiger partial charge in [0.2, 0.25) is 0 Å². The Labute approximate surface area is 216 Å². The first kappa shape index (κ1) is 25.9. The molecule has 0 saturated carbocycles. The molecule has 0 N–H and O–H groups in total. The molecule has 4 aromatic carbocycles. The zero-order chi connectivity index (χ0) is 25.5. The van der Waals surface area contributed by atoms with Crippen LogP contribution in [0.3, 0.4) is 0 Å². The number of benzene rings is 4. The third-order valence-corrected chi connectivity index (χ3v) is 7.06. The predicted molar refractivity (Wildman–Crippen MR) is 151 cm³/mol. The molecule has 0 amide bonds. The summed E-state index contributed by atoms with van der Waals surface area (Å²) in [5.41, 5.74) is 4.22. The molecular formula is C33H39NO2. The van der Waals surface area contributed by atoms with E-state index in [1.54, 1.807) is 0 Å². The molecule has 0 aromatic heterocycles. The maximum atomic E-state index is 11.5. The molecule has 0 heterocycles. The number of hydrogen-bond donors (Lipinski definition) is 0. The van der Waals surface area contributed by atoms with E-state index in [1.807, 2.05) is 0 Å². The molecule has 0 aliphatic rings. The van der Waals surface area contributed by atoms with Crippen LogP contribution in [0.1, 0.15) is 63.1 Å². The van der Waals surface area contributed by atoms with Crippen molar-refractivity contribution >= 4 is 27.5 Å². The van der Waals surface area contributed by atoms with Crippen molar-refractivity contribution in [3.8, 4) is 0 Å². The first-order chi connectivity index (χ1) is 17.3. The first-order valence-corrected chi connectivity index (χ1v) is 13.1. The van der Waals surface area contributed by atoms with Crippen molar-refractivity contribution in [1.82, 2.24) is 4.90 Å². The number of ether oxygens (including phenoxy) is 1. The monoisotopic (exact) mass is 481 g/mol. The number of carbonyl (C=O) groups is 1. The summed E-state index contributed by atoms with van der Waals surface area (Å²) in [5.74, 6) is -0.117. The molecular weight excluding hydrogens is 442 g/mol. The summed E-state index contributed by atoms with van der Waals surface area (Å²) in [6.07, 6.45) is 3.45. The summed E-state index contributed by atoms with van der Waals surface area (Å²) in [6.45, 7) is 9.56. The van der Waals surface area contributed by atoms with Crippen molar-refractivity contribution in [3.05, 3.63) is 95.6 Å². The van der Waals surface area contributed by atoms with Crippen LogP contribution in [0, 0.1) is 0 Å².